The maximum atomic E-state index is 14.0. The van der Waals surface area contributed by atoms with Crippen molar-refractivity contribution in [2.45, 2.75) is 13.0 Å². The topological polar surface area (TPSA) is 29.5 Å². The minimum Gasteiger partial charge on any atom is -0.497 e. The molecule has 1 amide bonds. The Kier molecular flexibility index (Phi) is 3.96. The molecule has 130 valence electrons. The van der Waals surface area contributed by atoms with Gasteiger partial charge in [-0.3, -0.25) is 4.79 Å². The summed E-state index contributed by atoms with van der Waals surface area (Å²) >= 11 is 0. The van der Waals surface area contributed by atoms with Gasteiger partial charge in [0, 0.05) is 11.1 Å². The Labute approximate surface area is 151 Å². The molecule has 1 unspecified atom stereocenters. The number of ether oxygens (including phenoxy) is 1. The van der Waals surface area contributed by atoms with Crippen LogP contribution in [0.5, 0.6) is 5.75 Å². The summed E-state index contributed by atoms with van der Waals surface area (Å²) in [6.45, 7) is 1.96. The Morgan fingerprint density at radius 1 is 1.00 bits per heavy atom. The minimum atomic E-state index is -0.362. The first-order valence-corrected chi connectivity index (χ1v) is 8.46. The fraction of sp³-hybridized carbons (Fsp3) is 0.136. The summed E-state index contributed by atoms with van der Waals surface area (Å²) in [4.78, 5) is 15.0. The van der Waals surface area contributed by atoms with Crippen LogP contribution in [0.15, 0.2) is 66.7 Å². The number of fused-ring (bicyclic) bond motifs is 3. The van der Waals surface area contributed by atoms with E-state index in [2.05, 4.69) is 0 Å². The normalized spacial score (nSPS) is 15.2. The van der Waals surface area contributed by atoms with Crippen LogP contribution in [-0.2, 0) is 0 Å². The molecule has 1 aliphatic heterocycles. The highest BCUT2D eigenvalue weighted by molar-refractivity contribution is 6.10. The monoisotopic (exact) mass is 347 g/mol. The molecule has 0 aliphatic carbocycles. The number of halogens is 1. The first-order valence-electron chi connectivity index (χ1n) is 8.46. The van der Waals surface area contributed by atoms with E-state index in [9.17, 15) is 9.18 Å². The molecule has 4 heteroatoms. The van der Waals surface area contributed by atoms with Gasteiger partial charge in [-0.2, -0.15) is 0 Å². The van der Waals surface area contributed by atoms with E-state index in [0.717, 1.165) is 16.7 Å². The number of anilines is 1. The Morgan fingerprint density at radius 2 is 1.81 bits per heavy atom. The van der Waals surface area contributed by atoms with Gasteiger partial charge in [-0.25, -0.2) is 4.39 Å². The van der Waals surface area contributed by atoms with Crippen molar-refractivity contribution in [3.05, 3.63) is 83.7 Å². The van der Waals surface area contributed by atoms with Crippen LogP contribution >= 0.6 is 0 Å². The van der Waals surface area contributed by atoms with Crippen molar-refractivity contribution < 1.29 is 13.9 Å². The molecule has 1 aliphatic rings. The summed E-state index contributed by atoms with van der Waals surface area (Å²) in [5.41, 5.74) is 4.03. The van der Waals surface area contributed by atoms with E-state index in [4.69, 9.17) is 4.74 Å². The molecule has 3 aromatic carbocycles. The number of rotatable bonds is 2. The molecular weight excluding hydrogens is 329 g/mol. The lowest BCUT2D eigenvalue weighted by Crippen LogP contribution is -2.36. The molecule has 26 heavy (non-hydrogen) atoms. The molecule has 3 nitrogen and oxygen atoms in total. The lowest BCUT2D eigenvalue weighted by Gasteiger charge is -2.37. The van der Waals surface area contributed by atoms with E-state index in [1.165, 1.54) is 12.1 Å². The standard InChI is InChI=1S/C22H18FNO2/c1-14-18-8-3-4-9-19(18)20-11-10-16(23)13-21(20)24(14)22(25)15-6-5-7-17(12-15)26-2/h3-14H,1-2H3. The summed E-state index contributed by atoms with van der Waals surface area (Å²) in [6, 6.07) is 19.3. The molecule has 0 saturated heterocycles. The lowest BCUT2D eigenvalue weighted by molar-refractivity contribution is 0.0977. The van der Waals surface area contributed by atoms with Gasteiger partial charge in [0.15, 0.2) is 0 Å². The molecular formula is C22H18FNO2. The molecule has 0 radical (unpaired) electrons. The van der Waals surface area contributed by atoms with Crippen molar-refractivity contribution in [1.82, 2.24) is 0 Å². The average molecular weight is 347 g/mol. The second-order valence-electron chi connectivity index (χ2n) is 6.33. The summed E-state index contributed by atoms with van der Waals surface area (Å²) in [6.07, 6.45) is 0. The Hall–Kier alpha value is -3.14. The zero-order valence-electron chi connectivity index (χ0n) is 14.6. The van der Waals surface area contributed by atoms with Crippen LogP contribution in [0.2, 0.25) is 0 Å². The van der Waals surface area contributed by atoms with Crippen molar-refractivity contribution in [2.24, 2.45) is 0 Å². The van der Waals surface area contributed by atoms with Crippen molar-refractivity contribution >= 4 is 11.6 Å². The largest absolute Gasteiger partial charge is 0.497 e. The maximum absolute atomic E-state index is 14.0. The van der Waals surface area contributed by atoms with E-state index in [0.29, 0.717) is 17.0 Å². The molecule has 0 bridgehead atoms. The van der Waals surface area contributed by atoms with E-state index in [-0.39, 0.29) is 17.8 Å². The number of nitrogens with zero attached hydrogens (tertiary/aromatic N) is 1. The van der Waals surface area contributed by atoms with Gasteiger partial charge in [0.2, 0.25) is 0 Å². The first-order chi connectivity index (χ1) is 12.6. The van der Waals surface area contributed by atoms with Crippen molar-refractivity contribution in [1.29, 1.82) is 0 Å². The number of amides is 1. The fourth-order valence-electron chi connectivity index (χ4n) is 3.57. The third-order valence-corrected chi connectivity index (χ3v) is 4.84. The number of hydrogen-bond donors (Lipinski definition) is 0. The second-order valence-corrected chi connectivity index (χ2v) is 6.33. The van der Waals surface area contributed by atoms with Crippen LogP contribution in [-0.4, -0.2) is 13.0 Å². The van der Waals surface area contributed by atoms with Crippen LogP contribution in [0.4, 0.5) is 10.1 Å². The van der Waals surface area contributed by atoms with E-state index in [1.807, 2.05) is 31.2 Å². The van der Waals surface area contributed by atoms with Gasteiger partial charge in [0.25, 0.3) is 5.91 Å². The van der Waals surface area contributed by atoms with Crippen LogP contribution in [0.3, 0.4) is 0 Å². The van der Waals surface area contributed by atoms with E-state index >= 15 is 0 Å². The summed E-state index contributed by atoms with van der Waals surface area (Å²) in [5.74, 6) is 0.0666. The molecule has 0 saturated carbocycles. The quantitative estimate of drug-likeness (QED) is 0.636. The molecule has 4 rings (SSSR count). The molecule has 0 aromatic heterocycles. The molecule has 0 spiro atoms. The van der Waals surface area contributed by atoms with Crippen molar-refractivity contribution in [3.8, 4) is 16.9 Å². The predicted octanol–water partition coefficient (Wildman–Crippen LogP) is 5.22. The zero-order chi connectivity index (χ0) is 18.3. The summed E-state index contributed by atoms with van der Waals surface area (Å²) < 4.78 is 19.2. The second kappa shape index (κ2) is 6.30. The van der Waals surface area contributed by atoms with Gasteiger partial charge in [-0.05, 0) is 54.4 Å². The van der Waals surface area contributed by atoms with Crippen LogP contribution < -0.4 is 9.64 Å². The molecule has 0 N–H and O–H groups in total. The average Bonchev–Trinajstić information content (AvgIpc) is 2.68. The zero-order valence-corrected chi connectivity index (χ0v) is 14.6. The van der Waals surface area contributed by atoms with Crippen LogP contribution in [0, 0.1) is 5.82 Å². The third kappa shape index (κ3) is 2.54. The number of carbonyl (C=O) groups is 1. The van der Waals surface area contributed by atoms with Crippen LogP contribution in [0.1, 0.15) is 28.9 Å². The number of carbonyl (C=O) groups excluding carboxylic acids is 1. The van der Waals surface area contributed by atoms with Crippen molar-refractivity contribution in [3.63, 3.8) is 0 Å². The number of methoxy groups -OCH3 is 1. The lowest BCUT2D eigenvalue weighted by atomic mass is 9.88. The number of hydrogen-bond acceptors (Lipinski definition) is 2. The molecule has 1 heterocycles. The minimum absolute atomic E-state index is 0.183. The summed E-state index contributed by atoms with van der Waals surface area (Å²) in [7, 11) is 1.56. The summed E-state index contributed by atoms with van der Waals surface area (Å²) in [5, 5.41) is 0. The van der Waals surface area contributed by atoms with Gasteiger partial charge in [0.1, 0.15) is 11.6 Å². The van der Waals surface area contributed by atoms with E-state index in [1.54, 1.807) is 42.3 Å². The molecule has 3 aromatic rings. The van der Waals surface area contributed by atoms with Gasteiger partial charge in [0.05, 0.1) is 18.8 Å². The van der Waals surface area contributed by atoms with Gasteiger partial charge >= 0.3 is 0 Å². The van der Waals surface area contributed by atoms with Gasteiger partial charge < -0.3 is 9.64 Å². The highest BCUT2D eigenvalue weighted by atomic mass is 19.1. The smallest absolute Gasteiger partial charge is 0.258 e. The number of benzene rings is 3. The van der Waals surface area contributed by atoms with Gasteiger partial charge in [-0.15, -0.1) is 0 Å². The Bertz CT molecular complexity index is 999. The fourth-order valence-corrected chi connectivity index (χ4v) is 3.57. The Balaban J connectivity index is 1.89. The predicted molar refractivity (Wildman–Crippen MR) is 100 cm³/mol. The molecule has 1 atom stereocenters. The third-order valence-electron chi connectivity index (χ3n) is 4.84. The Morgan fingerprint density at radius 3 is 2.62 bits per heavy atom. The highest BCUT2D eigenvalue weighted by Crippen LogP contribution is 2.45. The maximum Gasteiger partial charge on any atom is 0.258 e. The van der Waals surface area contributed by atoms with Crippen molar-refractivity contribution in [2.75, 3.05) is 12.0 Å². The van der Waals surface area contributed by atoms with Crippen LogP contribution in [0.25, 0.3) is 11.1 Å². The van der Waals surface area contributed by atoms with Gasteiger partial charge in [-0.1, -0.05) is 30.3 Å². The highest BCUT2D eigenvalue weighted by Gasteiger charge is 2.33. The first kappa shape index (κ1) is 16.3. The SMILES string of the molecule is COc1cccc(C(=O)N2c3cc(F)ccc3-c3ccccc3C2C)c1. The van der Waals surface area contributed by atoms with E-state index < -0.39 is 0 Å². The molecule has 0 fully saturated rings.